The minimum atomic E-state index is -0.815. The Morgan fingerprint density at radius 2 is 1.54 bits per heavy atom. The fraction of sp³-hybridized carbons (Fsp3) is 0.176. The van der Waals surface area contributed by atoms with Crippen molar-refractivity contribution >= 4 is 23.3 Å². The van der Waals surface area contributed by atoms with Crippen molar-refractivity contribution in [2.24, 2.45) is 0 Å². The summed E-state index contributed by atoms with van der Waals surface area (Å²) in [5, 5.41) is 24.2. The van der Waals surface area contributed by atoms with E-state index in [9.17, 15) is 29.8 Å². The molecule has 0 saturated carbocycles. The van der Waals surface area contributed by atoms with Crippen molar-refractivity contribution in [2.75, 3.05) is 20.3 Å². The molecular formula is C17H15N3O8. The molecule has 0 saturated heterocycles. The molecule has 11 heteroatoms. The van der Waals surface area contributed by atoms with Gasteiger partial charge in [0.1, 0.15) is 12.4 Å². The molecule has 2 rings (SSSR count). The summed E-state index contributed by atoms with van der Waals surface area (Å²) in [6, 6.07) is 8.82. The van der Waals surface area contributed by atoms with Crippen molar-refractivity contribution in [2.45, 2.75) is 0 Å². The number of methoxy groups -OCH3 is 1. The number of rotatable bonds is 8. The highest BCUT2D eigenvalue weighted by atomic mass is 16.6. The van der Waals surface area contributed by atoms with Gasteiger partial charge in [-0.05, 0) is 24.3 Å². The maximum Gasteiger partial charge on any atom is 0.337 e. The van der Waals surface area contributed by atoms with E-state index in [0.29, 0.717) is 11.3 Å². The molecule has 11 nitrogen and oxygen atoms in total. The molecule has 0 aliphatic rings. The highest BCUT2D eigenvalue weighted by Crippen LogP contribution is 2.22. The molecule has 0 fully saturated rings. The Morgan fingerprint density at radius 1 is 0.964 bits per heavy atom. The minimum absolute atomic E-state index is 0.0497. The normalized spacial score (nSPS) is 10.0. The lowest BCUT2D eigenvalue weighted by molar-refractivity contribution is -0.394. The quantitative estimate of drug-likeness (QED) is 0.312. The summed E-state index contributed by atoms with van der Waals surface area (Å²) in [5.74, 6) is -0.741. The minimum Gasteiger partial charge on any atom is -0.492 e. The van der Waals surface area contributed by atoms with Crippen molar-refractivity contribution in [1.29, 1.82) is 0 Å². The van der Waals surface area contributed by atoms with Crippen LogP contribution in [0.15, 0.2) is 42.5 Å². The maximum absolute atomic E-state index is 12.1. The third kappa shape index (κ3) is 5.24. The molecule has 0 aliphatic carbocycles. The van der Waals surface area contributed by atoms with Gasteiger partial charge in [0, 0.05) is 12.1 Å². The third-order valence-corrected chi connectivity index (χ3v) is 3.52. The number of nitrogens with zero attached hydrogens (tertiary/aromatic N) is 2. The Kier molecular flexibility index (Phi) is 6.58. The van der Waals surface area contributed by atoms with Crippen LogP contribution in [-0.4, -0.2) is 42.0 Å². The van der Waals surface area contributed by atoms with E-state index in [2.05, 4.69) is 10.1 Å². The van der Waals surface area contributed by atoms with E-state index in [1.165, 1.54) is 19.2 Å². The average Bonchev–Trinajstić information content (AvgIpc) is 2.70. The number of nitro groups is 2. The van der Waals surface area contributed by atoms with E-state index in [-0.39, 0.29) is 18.7 Å². The zero-order valence-electron chi connectivity index (χ0n) is 14.6. The highest BCUT2D eigenvalue weighted by Gasteiger charge is 2.19. The van der Waals surface area contributed by atoms with Crippen LogP contribution in [-0.2, 0) is 4.74 Å². The van der Waals surface area contributed by atoms with E-state index >= 15 is 0 Å². The number of ether oxygens (including phenoxy) is 2. The number of hydrogen-bond acceptors (Lipinski definition) is 8. The number of non-ortho nitro benzene ring substituents is 2. The van der Waals surface area contributed by atoms with Gasteiger partial charge in [0.25, 0.3) is 17.3 Å². The predicted octanol–water partition coefficient (Wildman–Crippen LogP) is 2.10. The lowest BCUT2D eigenvalue weighted by Crippen LogP contribution is -2.28. The highest BCUT2D eigenvalue weighted by molar-refractivity contribution is 5.95. The van der Waals surface area contributed by atoms with Crippen LogP contribution in [0.25, 0.3) is 0 Å². The van der Waals surface area contributed by atoms with Gasteiger partial charge in [-0.2, -0.15) is 0 Å². The first-order chi connectivity index (χ1) is 13.3. The molecule has 0 unspecified atom stereocenters. The molecule has 0 bridgehead atoms. The van der Waals surface area contributed by atoms with Crippen molar-refractivity contribution < 1.29 is 28.9 Å². The van der Waals surface area contributed by atoms with Crippen LogP contribution >= 0.6 is 0 Å². The Labute approximate surface area is 158 Å². The molecule has 146 valence electrons. The van der Waals surface area contributed by atoms with Crippen LogP contribution in [0.2, 0.25) is 0 Å². The van der Waals surface area contributed by atoms with Crippen LogP contribution in [0.4, 0.5) is 11.4 Å². The molecule has 0 spiro atoms. The number of nitrogens with one attached hydrogen (secondary N) is 1. The largest absolute Gasteiger partial charge is 0.492 e. The van der Waals surface area contributed by atoms with Gasteiger partial charge in [-0.25, -0.2) is 4.79 Å². The van der Waals surface area contributed by atoms with Gasteiger partial charge in [-0.1, -0.05) is 0 Å². The van der Waals surface area contributed by atoms with Crippen LogP contribution in [0.3, 0.4) is 0 Å². The van der Waals surface area contributed by atoms with Gasteiger partial charge >= 0.3 is 5.97 Å². The second kappa shape index (κ2) is 9.07. The maximum atomic E-state index is 12.1. The summed E-state index contributed by atoms with van der Waals surface area (Å²) >= 11 is 0. The first-order valence-electron chi connectivity index (χ1n) is 7.85. The average molecular weight is 389 g/mol. The van der Waals surface area contributed by atoms with E-state index in [1.54, 1.807) is 12.1 Å². The predicted molar refractivity (Wildman–Crippen MR) is 95.4 cm³/mol. The number of amides is 1. The number of hydrogen-bond donors (Lipinski definition) is 1. The summed E-state index contributed by atoms with van der Waals surface area (Å²) in [6.07, 6.45) is 0. The molecule has 0 atom stereocenters. The summed E-state index contributed by atoms with van der Waals surface area (Å²) in [7, 11) is 1.27. The molecule has 2 aromatic rings. The van der Waals surface area contributed by atoms with Crippen LogP contribution in [0.1, 0.15) is 20.7 Å². The van der Waals surface area contributed by atoms with Crippen molar-refractivity contribution in [3.8, 4) is 5.75 Å². The van der Waals surface area contributed by atoms with Crippen LogP contribution < -0.4 is 10.1 Å². The summed E-state index contributed by atoms with van der Waals surface area (Å²) in [5.41, 5.74) is -0.957. The van der Waals surface area contributed by atoms with Crippen molar-refractivity contribution in [3.63, 3.8) is 0 Å². The summed E-state index contributed by atoms with van der Waals surface area (Å²) in [4.78, 5) is 43.5. The Bertz CT molecular complexity index is 879. The smallest absolute Gasteiger partial charge is 0.337 e. The molecule has 0 aliphatic heterocycles. The van der Waals surface area contributed by atoms with Crippen LogP contribution in [0.5, 0.6) is 5.75 Å². The fourth-order valence-corrected chi connectivity index (χ4v) is 2.18. The molecule has 0 heterocycles. The molecule has 1 N–H and O–H groups in total. The molecule has 1 amide bonds. The number of esters is 1. The summed E-state index contributed by atoms with van der Waals surface area (Å²) in [6.45, 7) is 0.119. The number of nitro benzene ring substituents is 2. The molecule has 0 radical (unpaired) electrons. The molecule has 2 aromatic carbocycles. The van der Waals surface area contributed by atoms with E-state index < -0.39 is 33.1 Å². The topological polar surface area (TPSA) is 151 Å². The summed E-state index contributed by atoms with van der Waals surface area (Å²) < 4.78 is 9.98. The molecule has 0 aromatic heterocycles. The standard InChI is InChI=1S/C17H15N3O8/c1-27-17(22)11-2-4-15(5-3-11)28-7-6-18-16(21)12-8-13(19(23)24)10-14(9-12)20(25)26/h2-5,8-10H,6-7H2,1H3,(H,18,21). The Balaban J connectivity index is 1.93. The zero-order valence-corrected chi connectivity index (χ0v) is 14.6. The monoisotopic (exact) mass is 389 g/mol. The van der Waals surface area contributed by atoms with E-state index in [4.69, 9.17) is 4.74 Å². The SMILES string of the molecule is COC(=O)c1ccc(OCCNC(=O)c2cc([N+](=O)[O-])cc([N+](=O)[O-])c2)cc1. The Morgan fingerprint density at radius 3 is 2.04 bits per heavy atom. The van der Waals surface area contributed by atoms with E-state index in [1.807, 2.05) is 0 Å². The van der Waals surface area contributed by atoms with Gasteiger partial charge < -0.3 is 14.8 Å². The number of carbonyl (C=O) groups is 2. The number of benzene rings is 2. The molecule has 28 heavy (non-hydrogen) atoms. The van der Waals surface area contributed by atoms with Gasteiger partial charge in [0.05, 0.1) is 40.7 Å². The third-order valence-electron chi connectivity index (χ3n) is 3.52. The second-order valence-corrected chi connectivity index (χ2v) is 5.37. The number of carbonyl (C=O) groups excluding carboxylic acids is 2. The van der Waals surface area contributed by atoms with E-state index in [0.717, 1.165) is 18.2 Å². The fourth-order valence-electron chi connectivity index (χ4n) is 2.18. The lowest BCUT2D eigenvalue weighted by Gasteiger charge is -2.08. The van der Waals surface area contributed by atoms with Gasteiger partial charge in [-0.15, -0.1) is 0 Å². The lowest BCUT2D eigenvalue weighted by atomic mass is 10.1. The van der Waals surface area contributed by atoms with Gasteiger partial charge in [0.2, 0.25) is 0 Å². The van der Waals surface area contributed by atoms with Crippen molar-refractivity contribution in [1.82, 2.24) is 5.32 Å². The Hall–Kier alpha value is -4.02. The zero-order chi connectivity index (χ0) is 20.7. The second-order valence-electron chi connectivity index (χ2n) is 5.37. The van der Waals surface area contributed by atoms with Crippen LogP contribution in [0, 0.1) is 20.2 Å². The first kappa shape index (κ1) is 20.3. The van der Waals surface area contributed by atoms with Gasteiger partial charge in [0.15, 0.2) is 0 Å². The van der Waals surface area contributed by atoms with Gasteiger partial charge in [-0.3, -0.25) is 25.0 Å². The molecular weight excluding hydrogens is 374 g/mol. The first-order valence-corrected chi connectivity index (χ1v) is 7.85. The van der Waals surface area contributed by atoms with Crippen molar-refractivity contribution in [3.05, 3.63) is 73.8 Å².